The number of amides is 1. The molecule has 0 aliphatic heterocycles. The molecule has 2 aromatic rings. The van der Waals surface area contributed by atoms with Gasteiger partial charge in [0.15, 0.2) is 0 Å². The second kappa shape index (κ2) is 8.05. The minimum absolute atomic E-state index is 0.0539. The van der Waals surface area contributed by atoms with E-state index in [9.17, 15) is 26.7 Å². The second-order valence-electron chi connectivity index (χ2n) is 7.45. The average Bonchev–Trinajstić information content (AvgIpc) is 2.98. The predicted molar refractivity (Wildman–Crippen MR) is 93.8 cm³/mol. The molecule has 1 fully saturated rings. The van der Waals surface area contributed by atoms with Crippen LogP contribution in [0.1, 0.15) is 49.9 Å². The van der Waals surface area contributed by atoms with E-state index in [2.05, 4.69) is 15.3 Å². The Hall–Kier alpha value is -2.19. The molecule has 154 valence electrons. The number of aromatic amines is 1. The van der Waals surface area contributed by atoms with Gasteiger partial charge in [0.1, 0.15) is 5.82 Å². The Bertz CT molecular complexity index is 831. The summed E-state index contributed by atoms with van der Waals surface area (Å²) in [6.07, 6.45) is -4.58. The highest BCUT2D eigenvalue weighted by Crippen LogP contribution is 2.37. The Kier molecular flexibility index (Phi) is 5.90. The van der Waals surface area contributed by atoms with Crippen LogP contribution in [0.2, 0.25) is 0 Å². The molecule has 1 amide bonds. The van der Waals surface area contributed by atoms with E-state index in [0.717, 1.165) is 6.42 Å². The van der Waals surface area contributed by atoms with Crippen LogP contribution < -0.4 is 5.32 Å². The van der Waals surface area contributed by atoms with Crippen molar-refractivity contribution in [3.8, 4) is 0 Å². The highest BCUT2D eigenvalue weighted by Gasteiger charge is 2.36. The number of aromatic nitrogens is 2. The number of carbonyl (C=O) groups excluding carboxylic acids is 1. The molecule has 1 aromatic heterocycles. The van der Waals surface area contributed by atoms with Crippen molar-refractivity contribution in [2.45, 2.75) is 63.6 Å². The van der Waals surface area contributed by atoms with Gasteiger partial charge in [0.2, 0.25) is 11.8 Å². The fourth-order valence-corrected chi connectivity index (χ4v) is 3.58. The summed E-state index contributed by atoms with van der Waals surface area (Å²) in [7, 11) is 0. The van der Waals surface area contributed by atoms with Crippen LogP contribution in [0.3, 0.4) is 0 Å². The summed E-state index contributed by atoms with van der Waals surface area (Å²) >= 11 is 0. The fourth-order valence-electron chi connectivity index (χ4n) is 3.58. The highest BCUT2D eigenvalue weighted by atomic mass is 19.4. The smallest absolute Gasteiger partial charge is 0.352 e. The largest absolute Gasteiger partial charge is 0.389 e. The molecular formula is C19H22F5N3O. The minimum Gasteiger partial charge on any atom is -0.352 e. The minimum atomic E-state index is -4.36. The third-order valence-corrected chi connectivity index (χ3v) is 4.94. The third kappa shape index (κ3) is 5.90. The van der Waals surface area contributed by atoms with E-state index < -0.39 is 30.8 Å². The Morgan fingerprint density at radius 2 is 2.11 bits per heavy atom. The van der Waals surface area contributed by atoms with Gasteiger partial charge >= 0.3 is 6.18 Å². The van der Waals surface area contributed by atoms with Crippen LogP contribution in [-0.4, -0.2) is 28.0 Å². The number of halogens is 5. The summed E-state index contributed by atoms with van der Waals surface area (Å²) in [5.41, 5.74) is 2.11. The summed E-state index contributed by atoms with van der Waals surface area (Å²) < 4.78 is 63.5. The number of hydrogen-bond acceptors (Lipinski definition) is 2. The molecule has 1 aromatic carbocycles. The van der Waals surface area contributed by atoms with Crippen molar-refractivity contribution in [3.63, 3.8) is 0 Å². The monoisotopic (exact) mass is 403 g/mol. The molecule has 4 nitrogen and oxygen atoms in total. The summed E-state index contributed by atoms with van der Waals surface area (Å²) in [5, 5.41) is 2.46. The number of H-pyrrole nitrogens is 1. The van der Waals surface area contributed by atoms with E-state index in [1.54, 1.807) is 18.2 Å². The highest BCUT2D eigenvalue weighted by molar-refractivity contribution is 5.77. The molecule has 28 heavy (non-hydrogen) atoms. The first kappa shape index (κ1) is 20.5. The molecule has 0 spiro atoms. The molecule has 1 aliphatic rings. The first-order chi connectivity index (χ1) is 13.1. The molecule has 0 bridgehead atoms. The van der Waals surface area contributed by atoms with Crippen LogP contribution in [0.25, 0.3) is 11.0 Å². The zero-order valence-electron chi connectivity index (χ0n) is 15.2. The summed E-state index contributed by atoms with van der Waals surface area (Å²) in [4.78, 5) is 19.1. The number of nitrogens with one attached hydrogen (secondary N) is 2. The first-order valence-electron chi connectivity index (χ1n) is 9.28. The molecule has 1 aliphatic carbocycles. The maximum Gasteiger partial charge on any atom is 0.389 e. The second-order valence-corrected chi connectivity index (χ2v) is 7.45. The lowest BCUT2D eigenvalue weighted by atomic mass is 9.84. The van der Waals surface area contributed by atoms with E-state index in [0.29, 0.717) is 35.3 Å². The van der Waals surface area contributed by atoms with Crippen molar-refractivity contribution in [3.05, 3.63) is 29.6 Å². The van der Waals surface area contributed by atoms with Gasteiger partial charge in [-0.15, -0.1) is 0 Å². The molecule has 9 heteroatoms. The molecular weight excluding hydrogens is 381 g/mol. The lowest BCUT2D eigenvalue weighted by Crippen LogP contribution is -2.27. The average molecular weight is 403 g/mol. The molecule has 0 unspecified atom stereocenters. The normalized spacial score (nSPS) is 19.7. The van der Waals surface area contributed by atoms with Crippen LogP contribution in [-0.2, 0) is 17.8 Å². The van der Waals surface area contributed by atoms with Gasteiger partial charge in [-0.25, -0.2) is 13.8 Å². The number of benzene rings is 1. The fraction of sp³-hybridized carbons (Fsp3) is 0.579. The van der Waals surface area contributed by atoms with Gasteiger partial charge in [-0.3, -0.25) is 4.79 Å². The Labute approximate surface area is 158 Å². The number of hydrogen-bond donors (Lipinski definition) is 2. The van der Waals surface area contributed by atoms with Gasteiger partial charge in [-0.05, 0) is 36.5 Å². The third-order valence-electron chi connectivity index (χ3n) is 4.94. The summed E-state index contributed by atoms with van der Waals surface area (Å²) in [6, 6.07) is 5.22. The number of nitrogens with zero attached hydrogens (tertiary/aromatic N) is 1. The van der Waals surface area contributed by atoms with Crippen molar-refractivity contribution in [2.24, 2.45) is 5.92 Å². The van der Waals surface area contributed by atoms with Gasteiger partial charge in [-0.1, -0.05) is 6.07 Å². The van der Waals surface area contributed by atoms with Crippen LogP contribution in [0.15, 0.2) is 18.2 Å². The van der Waals surface area contributed by atoms with E-state index in [4.69, 9.17) is 0 Å². The topological polar surface area (TPSA) is 57.8 Å². The molecule has 3 rings (SSSR count). The van der Waals surface area contributed by atoms with Crippen molar-refractivity contribution >= 4 is 16.9 Å². The van der Waals surface area contributed by atoms with Crippen LogP contribution in [0.5, 0.6) is 0 Å². The molecule has 2 N–H and O–H groups in total. The quantitative estimate of drug-likeness (QED) is 0.675. The Morgan fingerprint density at radius 1 is 1.32 bits per heavy atom. The number of fused-ring (bicyclic) bond motifs is 1. The molecule has 0 saturated heterocycles. The number of carbonyl (C=O) groups is 1. The molecule has 1 atom stereocenters. The maximum atomic E-state index is 13.6. The van der Waals surface area contributed by atoms with E-state index >= 15 is 0 Å². The summed E-state index contributed by atoms with van der Waals surface area (Å²) in [6.45, 7) is 0.107. The van der Waals surface area contributed by atoms with Gasteiger partial charge in [0.05, 0.1) is 17.5 Å². The van der Waals surface area contributed by atoms with Crippen molar-refractivity contribution in [1.82, 2.24) is 15.3 Å². The molecule has 1 saturated carbocycles. The van der Waals surface area contributed by atoms with Gasteiger partial charge in [0, 0.05) is 32.2 Å². The number of alkyl halides is 5. The van der Waals surface area contributed by atoms with E-state index in [1.807, 2.05) is 0 Å². The summed E-state index contributed by atoms with van der Waals surface area (Å²) in [5.74, 6) is -2.74. The van der Waals surface area contributed by atoms with Crippen LogP contribution in [0.4, 0.5) is 22.0 Å². The van der Waals surface area contributed by atoms with Gasteiger partial charge in [-0.2, -0.15) is 13.2 Å². The lowest BCUT2D eigenvalue weighted by molar-refractivity contribution is -0.144. The first-order valence-corrected chi connectivity index (χ1v) is 9.28. The van der Waals surface area contributed by atoms with Crippen molar-refractivity contribution < 1.29 is 26.7 Å². The lowest BCUT2D eigenvalue weighted by Gasteiger charge is -2.28. The van der Waals surface area contributed by atoms with Gasteiger partial charge < -0.3 is 10.3 Å². The number of imidazole rings is 1. The van der Waals surface area contributed by atoms with Crippen LogP contribution in [0, 0.1) is 5.92 Å². The molecule has 0 radical (unpaired) electrons. The van der Waals surface area contributed by atoms with Crippen molar-refractivity contribution in [2.75, 3.05) is 0 Å². The predicted octanol–water partition coefficient (Wildman–Crippen LogP) is 4.89. The van der Waals surface area contributed by atoms with E-state index in [1.165, 1.54) is 0 Å². The van der Waals surface area contributed by atoms with Crippen molar-refractivity contribution in [1.29, 1.82) is 0 Å². The SMILES string of the molecule is O=C(CCC(F)(F)F)NCc1ccc2nc(C[C@@H]3CCCC(F)(F)C3)[nH]c2c1. The Morgan fingerprint density at radius 3 is 2.82 bits per heavy atom. The van der Waals surface area contributed by atoms with E-state index in [-0.39, 0.29) is 25.3 Å². The Balaban J connectivity index is 1.57. The van der Waals surface area contributed by atoms with Gasteiger partial charge in [0.25, 0.3) is 0 Å². The zero-order chi connectivity index (χ0) is 20.4. The standard InChI is InChI=1S/C19H22F5N3O/c20-18(21)6-1-2-12(10-18)9-16-26-14-4-3-13(8-15(14)27-16)11-25-17(28)5-7-19(22,23)24/h3-4,8,12H,1-2,5-7,9-11H2,(H,25,28)(H,26,27)/t12-/m0/s1. The maximum absolute atomic E-state index is 13.6. The molecule has 1 heterocycles. The van der Waals surface area contributed by atoms with Crippen LogP contribution >= 0.6 is 0 Å². The zero-order valence-corrected chi connectivity index (χ0v) is 15.2. The number of rotatable bonds is 6.